The number of carbonyl (C=O) groups excluding carboxylic acids is 1. The molecule has 1 N–H and O–H groups in total. The molecular weight excluding hydrogens is 334 g/mol. The predicted molar refractivity (Wildman–Crippen MR) is 88.3 cm³/mol. The third-order valence-electron chi connectivity index (χ3n) is 2.99. The molecule has 3 aromatic rings. The molecule has 0 fully saturated rings. The summed E-state index contributed by atoms with van der Waals surface area (Å²) in [5.41, 5.74) is 1.57. The second kappa shape index (κ2) is 6.80. The zero-order valence-corrected chi connectivity index (χ0v) is 13.7. The maximum atomic E-state index is 12.3. The Bertz CT molecular complexity index is 820. The molecule has 6 nitrogen and oxygen atoms in total. The molecule has 0 saturated carbocycles. The van der Waals surface area contributed by atoms with E-state index in [-0.39, 0.29) is 12.5 Å². The molecule has 3 aromatic heterocycles. The van der Waals surface area contributed by atoms with Gasteiger partial charge in [-0.3, -0.25) is 9.78 Å². The summed E-state index contributed by atoms with van der Waals surface area (Å²) in [6.07, 6.45) is 6.41. The molecule has 1 amide bonds. The Morgan fingerprint density at radius 1 is 1.30 bits per heavy atom. The van der Waals surface area contributed by atoms with Crippen LogP contribution in [0.4, 0.5) is 0 Å². The highest BCUT2D eigenvalue weighted by atomic mass is 35.5. The van der Waals surface area contributed by atoms with Gasteiger partial charge in [0.1, 0.15) is 15.7 Å². The second-order valence-corrected chi connectivity index (χ2v) is 6.11. The van der Waals surface area contributed by atoms with Crippen molar-refractivity contribution in [3.05, 3.63) is 58.3 Å². The van der Waals surface area contributed by atoms with Crippen LogP contribution in [-0.4, -0.2) is 25.8 Å². The van der Waals surface area contributed by atoms with Gasteiger partial charge in [0.05, 0.1) is 17.3 Å². The fourth-order valence-electron chi connectivity index (χ4n) is 1.89. The van der Waals surface area contributed by atoms with Crippen molar-refractivity contribution in [2.24, 2.45) is 0 Å². The largest absolute Gasteiger partial charge is 0.344 e. The zero-order valence-electron chi connectivity index (χ0n) is 12.2. The molecule has 0 aromatic carbocycles. The molecule has 0 aliphatic heterocycles. The Balaban J connectivity index is 1.72. The molecule has 0 aliphatic carbocycles. The third kappa shape index (κ3) is 3.69. The molecular formula is C15H12ClN5OS. The maximum absolute atomic E-state index is 12.3. The van der Waals surface area contributed by atoms with Crippen LogP contribution in [0.5, 0.6) is 0 Å². The van der Waals surface area contributed by atoms with Crippen molar-refractivity contribution in [2.75, 3.05) is 0 Å². The van der Waals surface area contributed by atoms with Crippen LogP contribution >= 0.6 is 22.9 Å². The average Bonchev–Trinajstić information content (AvgIpc) is 2.97. The fourth-order valence-corrected chi connectivity index (χ4v) is 2.96. The van der Waals surface area contributed by atoms with Gasteiger partial charge in [0.15, 0.2) is 0 Å². The van der Waals surface area contributed by atoms with E-state index in [1.54, 1.807) is 12.4 Å². The van der Waals surface area contributed by atoms with Crippen LogP contribution in [0, 0.1) is 6.92 Å². The monoisotopic (exact) mass is 345 g/mol. The van der Waals surface area contributed by atoms with Crippen LogP contribution in [0.15, 0.2) is 36.9 Å². The van der Waals surface area contributed by atoms with Gasteiger partial charge in [-0.1, -0.05) is 11.6 Å². The molecule has 23 heavy (non-hydrogen) atoms. The van der Waals surface area contributed by atoms with E-state index in [9.17, 15) is 4.79 Å². The number of halogens is 1. The number of thiazole rings is 1. The first-order valence-corrected chi connectivity index (χ1v) is 7.95. The molecule has 8 heteroatoms. The second-order valence-electron chi connectivity index (χ2n) is 4.68. The average molecular weight is 346 g/mol. The van der Waals surface area contributed by atoms with Crippen molar-refractivity contribution < 1.29 is 4.79 Å². The molecule has 0 saturated heterocycles. The molecule has 0 bridgehead atoms. The molecule has 116 valence electrons. The predicted octanol–water partition coefficient (Wildman–Crippen LogP) is 2.89. The number of amides is 1. The normalized spacial score (nSPS) is 10.5. The summed E-state index contributed by atoms with van der Waals surface area (Å²) < 4.78 is 0. The summed E-state index contributed by atoms with van der Waals surface area (Å²) >= 11 is 7.06. The third-order valence-corrected chi connectivity index (χ3v) is 4.39. The number of hydrogen-bond donors (Lipinski definition) is 1. The summed E-state index contributed by atoms with van der Waals surface area (Å²) in [5, 5.41) is 4.01. The van der Waals surface area contributed by atoms with Crippen LogP contribution < -0.4 is 5.32 Å². The van der Waals surface area contributed by atoms with Crippen molar-refractivity contribution in [1.29, 1.82) is 0 Å². The van der Waals surface area contributed by atoms with Gasteiger partial charge in [-0.05, 0) is 19.1 Å². The van der Waals surface area contributed by atoms with Crippen molar-refractivity contribution in [2.45, 2.75) is 13.5 Å². The topological polar surface area (TPSA) is 80.7 Å². The molecule has 3 heterocycles. The number of aromatic nitrogens is 4. The van der Waals surface area contributed by atoms with Crippen LogP contribution in [-0.2, 0) is 6.54 Å². The number of rotatable bonds is 4. The van der Waals surface area contributed by atoms with Gasteiger partial charge >= 0.3 is 0 Å². The Kier molecular flexibility index (Phi) is 4.59. The maximum Gasteiger partial charge on any atom is 0.263 e. The van der Waals surface area contributed by atoms with Crippen LogP contribution in [0.1, 0.15) is 21.2 Å². The number of pyridine rings is 1. The van der Waals surface area contributed by atoms with Crippen molar-refractivity contribution in [1.82, 2.24) is 25.3 Å². The van der Waals surface area contributed by atoms with Gasteiger partial charge in [0, 0.05) is 30.4 Å². The van der Waals surface area contributed by atoms with Crippen LogP contribution in [0.3, 0.4) is 0 Å². The molecule has 0 spiro atoms. The molecule has 0 atom stereocenters. The summed E-state index contributed by atoms with van der Waals surface area (Å²) in [6, 6.07) is 3.75. The highest BCUT2D eigenvalue weighted by Crippen LogP contribution is 2.27. The van der Waals surface area contributed by atoms with E-state index in [2.05, 4.69) is 25.3 Å². The van der Waals surface area contributed by atoms with Gasteiger partial charge in [0.2, 0.25) is 0 Å². The first-order chi connectivity index (χ1) is 11.1. The highest BCUT2D eigenvalue weighted by Gasteiger charge is 2.16. The molecule has 0 radical (unpaired) electrons. The van der Waals surface area contributed by atoms with Crippen LogP contribution in [0.2, 0.25) is 5.02 Å². The minimum Gasteiger partial charge on any atom is -0.344 e. The van der Waals surface area contributed by atoms with Crippen molar-refractivity contribution in [3.8, 4) is 10.6 Å². The summed E-state index contributed by atoms with van der Waals surface area (Å²) in [7, 11) is 0. The Labute approximate surface area is 141 Å². The van der Waals surface area contributed by atoms with E-state index in [4.69, 9.17) is 11.6 Å². The fraction of sp³-hybridized carbons (Fsp3) is 0.133. The number of carbonyl (C=O) groups is 1. The molecule has 3 rings (SSSR count). The lowest BCUT2D eigenvalue weighted by Crippen LogP contribution is -2.23. The van der Waals surface area contributed by atoms with E-state index in [1.165, 1.54) is 23.7 Å². The number of aryl methyl sites for hydroxylation is 1. The van der Waals surface area contributed by atoms with Gasteiger partial charge in [-0.25, -0.2) is 15.0 Å². The van der Waals surface area contributed by atoms with Gasteiger partial charge in [0.25, 0.3) is 5.91 Å². The Morgan fingerprint density at radius 3 is 2.78 bits per heavy atom. The quantitative estimate of drug-likeness (QED) is 0.786. The van der Waals surface area contributed by atoms with Crippen molar-refractivity contribution >= 4 is 28.8 Å². The summed E-state index contributed by atoms with van der Waals surface area (Å²) in [6.45, 7) is 2.04. The summed E-state index contributed by atoms with van der Waals surface area (Å²) in [4.78, 5) is 29.5. The van der Waals surface area contributed by atoms with Gasteiger partial charge in [-0.15, -0.1) is 11.3 Å². The van der Waals surface area contributed by atoms with E-state index in [0.717, 1.165) is 10.6 Å². The molecule has 0 unspecified atom stereocenters. The lowest BCUT2D eigenvalue weighted by Gasteiger charge is -2.02. The zero-order chi connectivity index (χ0) is 16.2. The van der Waals surface area contributed by atoms with Gasteiger partial charge in [-0.2, -0.15) is 0 Å². The first-order valence-electron chi connectivity index (χ1n) is 6.76. The molecule has 0 aliphatic rings. The number of nitrogens with one attached hydrogen (secondary N) is 1. The smallest absolute Gasteiger partial charge is 0.263 e. The SMILES string of the molecule is Cc1nc(-c2cccnc2)sc1C(=O)NCc1ncc(Cl)cn1. The standard InChI is InChI=1S/C15H12ClN5OS/c1-9-13(23-15(21-9)10-3-2-4-17-5-10)14(22)20-8-12-18-6-11(16)7-19-12/h2-7H,8H2,1H3,(H,20,22). The minimum absolute atomic E-state index is 0.200. The van der Waals surface area contributed by atoms with E-state index < -0.39 is 0 Å². The minimum atomic E-state index is -0.200. The summed E-state index contributed by atoms with van der Waals surface area (Å²) in [5.74, 6) is 0.297. The number of hydrogen-bond acceptors (Lipinski definition) is 6. The lowest BCUT2D eigenvalue weighted by atomic mass is 10.3. The Hall–Kier alpha value is -2.38. The van der Waals surface area contributed by atoms with Gasteiger partial charge < -0.3 is 5.32 Å². The van der Waals surface area contributed by atoms with Crippen molar-refractivity contribution in [3.63, 3.8) is 0 Å². The first kappa shape index (κ1) is 15.5. The van der Waals surface area contributed by atoms with E-state index >= 15 is 0 Å². The number of nitrogens with zero attached hydrogens (tertiary/aromatic N) is 4. The Morgan fingerprint density at radius 2 is 2.09 bits per heavy atom. The van der Waals surface area contributed by atoms with E-state index in [1.807, 2.05) is 19.1 Å². The highest BCUT2D eigenvalue weighted by molar-refractivity contribution is 7.17. The van der Waals surface area contributed by atoms with Crippen LogP contribution in [0.25, 0.3) is 10.6 Å². The lowest BCUT2D eigenvalue weighted by molar-refractivity contribution is 0.0953. The van der Waals surface area contributed by atoms with E-state index in [0.29, 0.717) is 21.4 Å².